The first-order valence-corrected chi connectivity index (χ1v) is 7.36. The molecule has 0 N–H and O–H groups in total. The Hall–Kier alpha value is -2.60. The molecule has 122 valence electrons. The van der Waals surface area contributed by atoms with Gasteiger partial charge in [-0.05, 0) is 37.3 Å². The molecular formula is C17H11ClF2N2O2. The first-order chi connectivity index (χ1) is 11.5. The van der Waals surface area contributed by atoms with Gasteiger partial charge >= 0.3 is 0 Å². The second kappa shape index (κ2) is 6.49. The largest absolute Gasteiger partial charge is 0.437 e. The van der Waals surface area contributed by atoms with E-state index in [2.05, 4.69) is 9.97 Å². The maximum Gasteiger partial charge on any atom is 0.297 e. The topological polar surface area (TPSA) is 52.1 Å². The second-order valence-corrected chi connectivity index (χ2v) is 5.42. The number of halogens is 3. The number of benzene rings is 2. The van der Waals surface area contributed by atoms with Crippen molar-refractivity contribution >= 4 is 28.3 Å². The van der Waals surface area contributed by atoms with Gasteiger partial charge in [0.05, 0.1) is 15.9 Å². The van der Waals surface area contributed by atoms with Gasteiger partial charge in [-0.15, -0.1) is 0 Å². The lowest BCUT2D eigenvalue weighted by molar-refractivity contribution is 0.101. The van der Waals surface area contributed by atoms with Crippen LogP contribution in [0.1, 0.15) is 29.5 Å². The second-order valence-electron chi connectivity index (χ2n) is 5.01. The van der Waals surface area contributed by atoms with Crippen molar-refractivity contribution in [3.05, 3.63) is 58.9 Å². The maximum atomic E-state index is 13.0. The summed E-state index contributed by atoms with van der Waals surface area (Å²) in [6, 6.07) is 11.2. The Balaban J connectivity index is 2.08. The number of ketones is 1. The molecular weight excluding hydrogens is 338 g/mol. The lowest BCUT2D eigenvalue weighted by atomic mass is 10.1. The Bertz CT molecular complexity index is 932. The molecule has 4 nitrogen and oxygen atoms in total. The van der Waals surface area contributed by atoms with E-state index in [1.807, 2.05) is 0 Å². The molecule has 3 aromatic rings. The lowest BCUT2D eigenvalue weighted by Crippen LogP contribution is -2.00. The predicted molar refractivity (Wildman–Crippen MR) is 86.0 cm³/mol. The number of rotatable bonds is 4. The van der Waals surface area contributed by atoms with Gasteiger partial charge in [0.15, 0.2) is 11.6 Å². The molecule has 0 fully saturated rings. The van der Waals surface area contributed by atoms with Crippen LogP contribution >= 0.6 is 11.6 Å². The highest BCUT2D eigenvalue weighted by Crippen LogP contribution is 2.33. The summed E-state index contributed by atoms with van der Waals surface area (Å²) in [5.41, 5.74) is 0.766. The summed E-state index contributed by atoms with van der Waals surface area (Å²) in [6.07, 6.45) is -2.83. The molecule has 0 aliphatic heterocycles. The van der Waals surface area contributed by atoms with Gasteiger partial charge in [-0.3, -0.25) is 4.79 Å². The number of Topliss-reactive ketones (excluding diaryl/α,β-unsaturated/α-hetero) is 1. The zero-order chi connectivity index (χ0) is 17.3. The van der Waals surface area contributed by atoms with Gasteiger partial charge in [0.1, 0.15) is 5.75 Å². The van der Waals surface area contributed by atoms with Gasteiger partial charge in [0.25, 0.3) is 6.43 Å². The number of aromatic nitrogens is 2. The molecule has 2 aromatic carbocycles. The standard InChI is InChI=1S/C17H11ClF2N2O2/c1-9(23)10-6-7-14(12(18)8-10)24-17-11-4-2-3-5-13(11)21-16(22-17)15(19)20/h2-8,15H,1H3. The number of ether oxygens (including phenoxy) is 1. The summed E-state index contributed by atoms with van der Waals surface area (Å²) in [4.78, 5) is 19.0. The number of nitrogens with zero attached hydrogens (tertiary/aromatic N) is 2. The molecule has 0 saturated carbocycles. The van der Waals surface area contributed by atoms with E-state index in [-0.39, 0.29) is 22.4 Å². The molecule has 3 rings (SSSR count). The van der Waals surface area contributed by atoms with E-state index in [1.165, 1.54) is 19.1 Å². The van der Waals surface area contributed by atoms with Crippen molar-refractivity contribution < 1.29 is 18.3 Å². The van der Waals surface area contributed by atoms with Crippen LogP contribution in [0.3, 0.4) is 0 Å². The summed E-state index contributed by atoms with van der Waals surface area (Å²) >= 11 is 6.11. The number of hydrogen-bond donors (Lipinski definition) is 0. The molecule has 0 bridgehead atoms. The van der Waals surface area contributed by atoms with Crippen molar-refractivity contribution in [1.29, 1.82) is 0 Å². The van der Waals surface area contributed by atoms with E-state index < -0.39 is 12.2 Å². The SMILES string of the molecule is CC(=O)c1ccc(Oc2nc(C(F)F)nc3ccccc23)c(Cl)c1. The van der Waals surface area contributed by atoms with E-state index in [4.69, 9.17) is 16.3 Å². The quantitative estimate of drug-likeness (QED) is 0.607. The number of para-hydroxylation sites is 1. The molecule has 0 aliphatic carbocycles. The van der Waals surface area contributed by atoms with Crippen LogP contribution in [0.2, 0.25) is 5.02 Å². The highest BCUT2D eigenvalue weighted by atomic mass is 35.5. The van der Waals surface area contributed by atoms with Crippen LogP contribution < -0.4 is 4.74 Å². The normalized spacial score (nSPS) is 11.0. The molecule has 1 aromatic heterocycles. The highest BCUT2D eigenvalue weighted by molar-refractivity contribution is 6.32. The van der Waals surface area contributed by atoms with Crippen molar-refractivity contribution in [3.8, 4) is 11.6 Å². The lowest BCUT2D eigenvalue weighted by Gasteiger charge is -2.11. The Morgan fingerprint density at radius 3 is 2.58 bits per heavy atom. The molecule has 24 heavy (non-hydrogen) atoms. The summed E-state index contributed by atoms with van der Waals surface area (Å²) in [7, 11) is 0. The van der Waals surface area contributed by atoms with Crippen LogP contribution in [-0.4, -0.2) is 15.8 Å². The fraction of sp³-hybridized carbons (Fsp3) is 0.118. The molecule has 0 atom stereocenters. The minimum absolute atomic E-state index is 0.0200. The number of alkyl halides is 2. The third-order valence-corrected chi connectivity index (χ3v) is 3.62. The summed E-state index contributed by atoms with van der Waals surface area (Å²) < 4.78 is 31.6. The van der Waals surface area contributed by atoms with E-state index in [0.717, 1.165) is 0 Å². The van der Waals surface area contributed by atoms with Gasteiger partial charge in [-0.25, -0.2) is 13.8 Å². The van der Waals surface area contributed by atoms with Crippen molar-refractivity contribution in [2.75, 3.05) is 0 Å². The highest BCUT2D eigenvalue weighted by Gasteiger charge is 2.17. The summed E-state index contributed by atoms with van der Waals surface area (Å²) in [5, 5.41) is 0.664. The fourth-order valence-corrected chi connectivity index (χ4v) is 2.37. The fourth-order valence-electron chi connectivity index (χ4n) is 2.15. The van der Waals surface area contributed by atoms with Crippen LogP contribution in [-0.2, 0) is 0 Å². The monoisotopic (exact) mass is 348 g/mol. The number of carbonyl (C=O) groups excluding carboxylic acids is 1. The van der Waals surface area contributed by atoms with Gasteiger partial charge in [0, 0.05) is 5.56 Å². The van der Waals surface area contributed by atoms with E-state index in [9.17, 15) is 13.6 Å². The van der Waals surface area contributed by atoms with E-state index in [1.54, 1.807) is 30.3 Å². The van der Waals surface area contributed by atoms with Crippen molar-refractivity contribution in [2.24, 2.45) is 0 Å². The summed E-state index contributed by atoms with van der Waals surface area (Å²) in [6.45, 7) is 1.42. The van der Waals surface area contributed by atoms with Gasteiger partial charge < -0.3 is 4.74 Å². The number of carbonyl (C=O) groups is 1. The molecule has 0 unspecified atom stereocenters. The van der Waals surface area contributed by atoms with E-state index >= 15 is 0 Å². The Labute approximate surface area is 141 Å². The number of fused-ring (bicyclic) bond motifs is 1. The Morgan fingerprint density at radius 2 is 1.92 bits per heavy atom. The van der Waals surface area contributed by atoms with Crippen LogP contribution in [0.5, 0.6) is 11.6 Å². The predicted octanol–water partition coefficient (Wildman–Crippen LogP) is 5.22. The Kier molecular flexibility index (Phi) is 4.40. The van der Waals surface area contributed by atoms with Crippen LogP contribution in [0, 0.1) is 0 Å². The number of hydrogen-bond acceptors (Lipinski definition) is 4. The molecule has 0 saturated heterocycles. The third kappa shape index (κ3) is 3.19. The van der Waals surface area contributed by atoms with Crippen LogP contribution in [0.25, 0.3) is 10.9 Å². The van der Waals surface area contributed by atoms with Gasteiger partial charge in [0.2, 0.25) is 5.88 Å². The van der Waals surface area contributed by atoms with Gasteiger partial charge in [-0.2, -0.15) is 4.98 Å². The van der Waals surface area contributed by atoms with Gasteiger partial charge in [-0.1, -0.05) is 23.7 Å². The zero-order valence-electron chi connectivity index (χ0n) is 12.5. The molecule has 1 heterocycles. The summed E-state index contributed by atoms with van der Waals surface area (Å²) in [5.74, 6) is -0.574. The first-order valence-electron chi connectivity index (χ1n) is 6.99. The maximum absolute atomic E-state index is 13.0. The van der Waals surface area contributed by atoms with Crippen molar-refractivity contribution in [3.63, 3.8) is 0 Å². The average Bonchev–Trinajstić information content (AvgIpc) is 2.56. The van der Waals surface area contributed by atoms with Crippen LogP contribution in [0.15, 0.2) is 42.5 Å². The third-order valence-electron chi connectivity index (χ3n) is 3.33. The minimum Gasteiger partial charge on any atom is -0.437 e. The average molecular weight is 349 g/mol. The molecule has 0 amide bonds. The van der Waals surface area contributed by atoms with Crippen molar-refractivity contribution in [2.45, 2.75) is 13.3 Å². The Morgan fingerprint density at radius 1 is 1.17 bits per heavy atom. The smallest absolute Gasteiger partial charge is 0.297 e. The van der Waals surface area contributed by atoms with Crippen LogP contribution in [0.4, 0.5) is 8.78 Å². The van der Waals surface area contributed by atoms with E-state index in [0.29, 0.717) is 16.5 Å². The molecule has 0 spiro atoms. The molecule has 7 heteroatoms. The molecule has 0 aliphatic rings. The first kappa shape index (κ1) is 16.3. The minimum atomic E-state index is -2.83. The van der Waals surface area contributed by atoms with Crippen molar-refractivity contribution in [1.82, 2.24) is 9.97 Å². The zero-order valence-corrected chi connectivity index (χ0v) is 13.2. The molecule has 0 radical (unpaired) electrons.